The van der Waals surface area contributed by atoms with Crippen LogP contribution in [0.3, 0.4) is 0 Å². The van der Waals surface area contributed by atoms with E-state index in [0.29, 0.717) is 12.1 Å². The van der Waals surface area contributed by atoms with E-state index in [-0.39, 0.29) is 0 Å². The first kappa shape index (κ1) is 9.19. The van der Waals surface area contributed by atoms with Gasteiger partial charge in [-0.3, -0.25) is 0 Å². The molecule has 1 aliphatic rings. The van der Waals surface area contributed by atoms with Crippen molar-refractivity contribution in [1.29, 1.82) is 0 Å². The Kier molecular flexibility index (Phi) is 2.67. The maximum Gasteiger partial charge on any atom is 0.0292 e. The molecular formula is C10H16N2S. The van der Waals surface area contributed by atoms with Gasteiger partial charge in [-0.15, -0.1) is 11.3 Å². The summed E-state index contributed by atoms with van der Waals surface area (Å²) in [6.45, 7) is 1.15. The Bertz CT molecular complexity index is 248. The third kappa shape index (κ3) is 1.93. The molecule has 2 unspecified atom stereocenters. The van der Waals surface area contributed by atoms with Crippen LogP contribution >= 0.6 is 11.3 Å². The Morgan fingerprint density at radius 3 is 3.08 bits per heavy atom. The van der Waals surface area contributed by atoms with Gasteiger partial charge < -0.3 is 10.6 Å². The highest BCUT2D eigenvalue weighted by Crippen LogP contribution is 2.20. The summed E-state index contributed by atoms with van der Waals surface area (Å²) in [7, 11) is 2.17. The molecule has 0 spiro atoms. The highest BCUT2D eigenvalue weighted by atomic mass is 32.1. The number of nitrogens with two attached hydrogens (primary N) is 1. The lowest BCUT2D eigenvalue weighted by molar-refractivity contribution is 0.297. The van der Waals surface area contributed by atoms with Crippen LogP contribution in [0.4, 0.5) is 0 Å². The smallest absolute Gasteiger partial charge is 0.0292 e. The van der Waals surface area contributed by atoms with Crippen LogP contribution in [0.2, 0.25) is 0 Å². The number of nitrogens with zero attached hydrogens (tertiary/aromatic N) is 1. The molecule has 0 radical (unpaired) electrons. The third-order valence-electron chi connectivity index (χ3n) is 2.87. The van der Waals surface area contributed by atoms with Gasteiger partial charge in [0.05, 0.1) is 0 Å². The van der Waals surface area contributed by atoms with Crippen LogP contribution in [0.1, 0.15) is 11.3 Å². The van der Waals surface area contributed by atoms with E-state index in [2.05, 4.69) is 29.5 Å². The molecule has 0 saturated carbocycles. The molecule has 0 bridgehead atoms. The van der Waals surface area contributed by atoms with Crippen molar-refractivity contribution in [2.75, 3.05) is 13.6 Å². The minimum Gasteiger partial charge on any atom is -0.326 e. The fraction of sp³-hybridized carbons (Fsp3) is 0.600. The van der Waals surface area contributed by atoms with Crippen LogP contribution in [0.5, 0.6) is 0 Å². The molecule has 1 aliphatic heterocycles. The van der Waals surface area contributed by atoms with Crippen LogP contribution in [-0.2, 0) is 6.42 Å². The lowest BCUT2D eigenvalue weighted by atomic mass is 10.1. The summed E-state index contributed by atoms with van der Waals surface area (Å²) in [5.74, 6) is 0. The highest BCUT2D eigenvalue weighted by molar-refractivity contribution is 7.09. The Labute approximate surface area is 83.4 Å². The van der Waals surface area contributed by atoms with Gasteiger partial charge in [0.2, 0.25) is 0 Å². The van der Waals surface area contributed by atoms with Gasteiger partial charge in [0.25, 0.3) is 0 Å². The third-order valence-corrected chi connectivity index (χ3v) is 3.76. The second-order valence-electron chi connectivity index (χ2n) is 3.78. The Hall–Kier alpha value is -0.380. The summed E-state index contributed by atoms with van der Waals surface area (Å²) in [4.78, 5) is 3.83. The van der Waals surface area contributed by atoms with Crippen molar-refractivity contribution >= 4 is 11.3 Å². The molecule has 0 aliphatic carbocycles. The molecule has 2 rings (SSSR count). The number of hydrogen-bond acceptors (Lipinski definition) is 3. The molecule has 1 saturated heterocycles. The topological polar surface area (TPSA) is 29.3 Å². The first-order valence-electron chi connectivity index (χ1n) is 4.75. The zero-order valence-electron chi connectivity index (χ0n) is 7.94. The molecule has 3 heteroatoms. The minimum atomic E-state index is 0.368. The molecule has 0 amide bonds. The first-order valence-corrected chi connectivity index (χ1v) is 5.63. The van der Waals surface area contributed by atoms with Gasteiger partial charge in [0.15, 0.2) is 0 Å². The maximum absolute atomic E-state index is 6.05. The Morgan fingerprint density at radius 1 is 1.69 bits per heavy atom. The molecular weight excluding hydrogens is 180 g/mol. The molecule has 2 atom stereocenters. The number of thiophene rings is 1. The largest absolute Gasteiger partial charge is 0.326 e. The van der Waals surface area contributed by atoms with Crippen molar-refractivity contribution in [3.05, 3.63) is 22.4 Å². The van der Waals surface area contributed by atoms with E-state index in [1.807, 2.05) is 11.3 Å². The Morgan fingerprint density at radius 2 is 2.54 bits per heavy atom. The first-order chi connectivity index (χ1) is 6.27. The molecule has 72 valence electrons. The number of likely N-dealkylation sites (tertiary alicyclic amines) is 1. The predicted molar refractivity (Wildman–Crippen MR) is 57.0 cm³/mol. The summed E-state index contributed by atoms with van der Waals surface area (Å²) < 4.78 is 0. The van der Waals surface area contributed by atoms with Crippen molar-refractivity contribution in [2.45, 2.75) is 24.9 Å². The van der Waals surface area contributed by atoms with E-state index in [1.165, 1.54) is 4.88 Å². The van der Waals surface area contributed by atoms with Crippen molar-refractivity contribution in [2.24, 2.45) is 5.73 Å². The normalized spacial score (nSPS) is 29.7. The van der Waals surface area contributed by atoms with Crippen LogP contribution in [-0.4, -0.2) is 30.6 Å². The average molecular weight is 196 g/mol. The summed E-state index contributed by atoms with van der Waals surface area (Å²) in [5.41, 5.74) is 6.05. The van der Waals surface area contributed by atoms with Gasteiger partial charge in [0, 0.05) is 17.0 Å². The van der Waals surface area contributed by atoms with Crippen LogP contribution in [0, 0.1) is 0 Å². The molecule has 2 heterocycles. The molecule has 2 N–H and O–H groups in total. The zero-order valence-corrected chi connectivity index (χ0v) is 8.76. The lowest BCUT2D eigenvalue weighted by Gasteiger charge is -2.21. The van der Waals surface area contributed by atoms with E-state index in [1.54, 1.807) is 0 Å². The van der Waals surface area contributed by atoms with Crippen LogP contribution in [0.15, 0.2) is 17.5 Å². The quantitative estimate of drug-likeness (QED) is 0.773. The molecule has 13 heavy (non-hydrogen) atoms. The van der Waals surface area contributed by atoms with E-state index < -0.39 is 0 Å². The van der Waals surface area contributed by atoms with Gasteiger partial charge in [-0.25, -0.2) is 0 Å². The zero-order chi connectivity index (χ0) is 9.26. The van der Waals surface area contributed by atoms with E-state index >= 15 is 0 Å². The van der Waals surface area contributed by atoms with Gasteiger partial charge in [-0.05, 0) is 37.9 Å². The monoisotopic (exact) mass is 196 g/mol. The molecule has 1 aromatic rings. The fourth-order valence-corrected chi connectivity index (χ4v) is 2.74. The Balaban J connectivity index is 2.01. The fourth-order valence-electron chi connectivity index (χ4n) is 1.98. The van der Waals surface area contributed by atoms with E-state index in [9.17, 15) is 0 Å². The van der Waals surface area contributed by atoms with Crippen molar-refractivity contribution in [3.63, 3.8) is 0 Å². The van der Waals surface area contributed by atoms with Crippen LogP contribution in [0.25, 0.3) is 0 Å². The SMILES string of the molecule is CN1CCC(N)C1Cc1cccs1. The molecule has 0 aromatic carbocycles. The van der Waals surface area contributed by atoms with E-state index in [4.69, 9.17) is 5.73 Å². The van der Waals surface area contributed by atoms with Crippen molar-refractivity contribution in [1.82, 2.24) is 4.90 Å². The van der Waals surface area contributed by atoms with Crippen LogP contribution < -0.4 is 5.73 Å². The van der Waals surface area contributed by atoms with Gasteiger partial charge in [0.1, 0.15) is 0 Å². The summed E-state index contributed by atoms with van der Waals surface area (Å²) in [5, 5.41) is 2.13. The average Bonchev–Trinajstić information content (AvgIpc) is 2.70. The van der Waals surface area contributed by atoms with Gasteiger partial charge in [-0.2, -0.15) is 0 Å². The number of hydrogen-bond donors (Lipinski definition) is 1. The van der Waals surface area contributed by atoms with E-state index in [0.717, 1.165) is 19.4 Å². The second-order valence-corrected chi connectivity index (χ2v) is 4.82. The van der Waals surface area contributed by atoms with Crippen molar-refractivity contribution < 1.29 is 0 Å². The summed E-state index contributed by atoms with van der Waals surface area (Å²) in [6.07, 6.45) is 2.27. The van der Waals surface area contributed by atoms with Crippen molar-refractivity contribution in [3.8, 4) is 0 Å². The lowest BCUT2D eigenvalue weighted by Crippen LogP contribution is -2.38. The predicted octanol–water partition coefficient (Wildman–Crippen LogP) is 1.32. The molecule has 2 nitrogen and oxygen atoms in total. The highest BCUT2D eigenvalue weighted by Gasteiger charge is 2.28. The molecule has 1 aromatic heterocycles. The standard InChI is InChI=1S/C10H16N2S/c1-12-5-4-9(11)10(12)7-8-3-2-6-13-8/h2-3,6,9-10H,4-5,7,11H2,1H3. The minimum absolute atomic E-state index is 0.368. The maximum atomic E-state index is 6.05. The van der Waals surface area contributed by atoms with Gasteiger partial charge >= 0.3 is 0 Å². The summed E-state index contributed by atoms with van der Waals surface area (Å²) >= 11 is 1.83. The molecule has 1 fully saturated rings. The summed E-state index contributed by atoms with van der Waals surface area (Å²) in [6, 6.07) is 5.23. The number of likely N-dealkylation sites (N-methyl/N-ethyl adjacent to an activating group) is 1. The number of rotatable bonds is 2. The van der Waals surface area contributed by atoms with Gasteiger partial charge in [-0.1, -0.05) is 6.07 Å². The second kappa shape index (κ2) is 3.78.